The third-order valence-electron chi connectivity index (χ3n) is 8.15. The highest BCUT2D eigenvalue weighted by molar-refractivity contribution is 5.91. The molecule has 60 heavy (non-hydrogen) atoms. The van der Waals surface area contributed by atoms with Gasteiger partial charge in [0.2, 0.25) is 11.8 Å². The van der Waals surface area contributed by atoms with Gasteiger partial charge in [0.25, 0.3) is 0 Å². The van der Waals surface area contributed by atoms with Crippen LogP contribution in [0.3, 0.4) is 0 Å². The van der Waals surface area contributed by atoms with Crippen molar-refractivity contribution in [2.45, 2.75) is 241 Å². The normalized spacial score (nSPS) is 12.5. The van der Waals surface area contributed by atoms with Crippen LogP contribution in [0.15, 0.2) is 0 Å². The molecule has 0 unspecified atom stereocenters. The van der Waals surface area contributed by atoms with E-state index in [0.717, 1.165) is 0 Å². The average Bonchev–Trinajstić information content (AvgIpc) is 2.97. The molecule has 0 spiro atoms. The Bertz CT molecular complexity index is 1320. The van der Waals surface area contributed by atoms with Crippen molar-refractivity contribution in [2.75, 3.05) is 0 Å². The van der Waals surface area contributed by atoms with Gasteiger partial charge in [-0.3, -0.25) is 38.4 Å². The number of amides is 2. The highest BCUT2D eigenvalue weighted by Gasteiger charge is 2.27. The van der Waals surface area contributed by atoms with Crippen LogP contribution in [-0.4, -0.2) is 63.4 Å². The lowest BCUT2D eigenvalue weighted by atomic mass is 9.83. The first-order valence-corrected chi connectivity index (χ1v) is 21.6. The van der Waals surface area contributed by atoms with E-state index in [1.807, 2.05) is 166 Å². The topological polar surface area (TPSA) is 170 Å². The molecule has 0 aromatic heterocycles. The predicted octanol–water partition coefficient (Wildman–Crippen LogP) is 10.7. The molecule has 0 heterocycles. The van der Waals surface area contributed by atoms with E-state index in [2.05, 4.69) is 10.6 Å². The molecule has 0 aromatic rings. The fourth-order valence-electron chi connectivity index (χ4n) is 4.31. The molecule has 0 atom stereocenters. The Morgan fingerprint density at radius 1 is 0.317 bits per heavy atom. The summed E-state index contributed by atoms with van der Waals surface area (Å²) in [5.74, 6) is 0.426. The third-order valence-corrected chi connectivity index (χ3v) is 8.15. The van der Waals surface area contributed by atoms with Crippen molar-refractivity contribution in [3.05, 3.63) is 0 Å². The van der Waals surface area contributed by atoms with Crippen molar-refractivity contribution in [3.63, 3.8) is 0 Å². The van der Waals surface area contributed by atoms with E-state index in [1.54, 1.807) is 0 Å². The number of hydrogen-bond donors (Lipinski definition) is 2. The van der Waals surface area contributed by atoms with E-state index in [4.69, 9.17) is 4.74 Å². The highest BCUT2D eigenvalue weighted by Crippen LogP contribution is 2.23. The number of rotatable bonds is 13. The number of carbonyl (C=O) groups is 8. The zero-order chi connectivity index (χ0) is 49.1. The first-order chi connectivity index (χ1) is 26.1. The van der Waals surface area contributed by atoms with Gasteiger partial charge >= 0.3 is 5.97 Å². The molecule has 2 amide bonds. The molecule has 11 heteroatoms. The highest BCUT2D eigenvalue weighted by atomic mass is 16.6. The average molecular weight is 853 g/mol. The lowest BCUT2D eigenvalue weighted by Gasteiger charge is -2.21. The Kier molecular flexibility index (Phi) is 27.1. The van der Waals surface area contributed by atoms with Crippen LogP contribution in [0.4, 0.5) is 0 Å². The summed E-state index contributed by atoms with van der Waals surface area (Å²) in [6.07, 6.45) is 3.35. The number of nitrogens with one attached hydrogen (secondary N) is 2. The fourth-order valence-corrected chi connectivity index (χ4v) is 4.31. The van der Waals surface area contributed by atoms with Gasteiger partial charge in [-0.15, -0.1) is 0 Å². The second-order valence-corrected chi connectivity index (χ2v) is 23.9. The molecule has 11 nitrogen and oxygen atoms in total. The summed E-state index contributed by atoms with van der Waals surface area (Å²) in [5.41, 5.74) is -2.53. The van der Waals surface area contributed by atoms with Gasteiger partial charge in [-0.1, -0.05) is 104 Å². The summed E-state index contributed by atoms with van der Waals surface area (Å²) in [4.78, 5) is 92.0. The molecule has 2 N–H and O–H groups in total. The van der Waals surface area contributed by atoms with Crippen molar-refractivity contribution in [1.29, 1.82) is 0 Å². The van der Waals surface area contributed by atoms with E-state index in [1.165, 1.54) is 0 Å². The standard InChI is InChI=1S/C13H25NO2.C12H23NO2.C12H22O3.C12H22O2/c1-12(2,3)10(15)8-7-9-11(16)14-13(4,5)6;1-11(2,3)9(14)7-8-10(15)13-12(4,5)6;1-11(2,3)9(13)7-8-10(14)15-12(4,5)6;1-11(2,3)9(13)7-8-10(14)12(4,5)6/h7-9H2,1-6H3,(H,14,16);7-8H2,1-6H3,(H,13,15);7-8H2,1-6H3;7-8H2,1-6H3. The number of esters is 1. The lowest BCUT2D eigenvalue weighted by molar-refractivity contribution is -0.156. The summed E-state index contributed by atoms with van der Waals surface area (Å²) >= 11 is 0. The Morgan fingerprint density at radius 2 is 0.550 bits per heavy atom. The summed E-state index contributed by atoms with van der Waals surface area (Å²) in [6.45, 7) is 45.3. The smallest absolute Gasteiger partial charge is 0.306 e. The van der Waals surface area contributed by atoms with Crippen LogP contribution in [0.5, 0.6) is 0 Å². The first-order valence-electron chi connectivity index (χ1n) is 21.6. The predicted molar refractivity (Wildman–Crippen MR) is 245 cm³/mol. The first kappa shape index (κ1) is 63.4. The molecule has 0 bridgehead atoms. The zero-order valence-corrected chi connectivity index (χ0v) is 43.0. The number of hydrogen-bond acceptors (Lipinski definition) is 9. The van der Waals surface area contributed by atoms with Crippen LogP contribution in [-0.2, 0) is 43.1 Å². The summed E-state index contributed by atoms with van der Waals surface area (Å²) in [6, 6.07) is 0. The van der Waals surface area contributed by atoms with Gasteiger partial charge in [-0.05, 0) is 68.7 Å². The maximum Gasteiger partial charge on any atom is 0.306 e. The maximum atomic E-state index is 11.6. The van der Waals surface area contributed by atoms with Gasteiger partial charge in [-0.2, -0.15) is 0 Å². The summed E-state index contributed by atoms with van der Waals surface area (Å²) < 4.78 is 5.11. The number of ether oxygens (including phenoxy) is 1. The SMILES string of the molecule is CC(C)(C)C(=O)CCC(=O)C(C)(C)C.CC(C)(C)NC(=O)CCC(=O)C(C)(C)C.CC(C)(C)NC(=O)CCCC(=O)C(C)(C)C.CC(C)(C)OC(=O)CCC(=O)C(C)(C)C. The molecule has 0 aliphatic rings. The van der Waals surface area contributed by atoms with Crippen LogP contribution >= 0.6 is 0 Å². The van der Waals surface area contributed by atoms with E-state index in [-0.39, 0.29) is 104 Å². The zero-order valence-electron chi connectivity index (χ0n) is 43.0. The van der Waals surface area contributed by atoms with Gasteiger partial charge in [0.05, 0.1) is 6.42 Å². The molecule has 0 fully saturated rings. The summed E-state index contributed by atoms with van der Waals surface area (Å²) in [5, 5.41) is 5.72. The molecule has 0 saturated heterocycles. The van der Waals surface area contributed by atoms with Crippen molar-refractivity contribution in [1.82, 2.24) is 10.6 Å². The van der Waals surface area contributed by atoms with Crippen molar-refractivity contribution >= 4 is 46.7 Å². The molecule has 352 valence electrons. The van der Waals surface area contributed by atoms with E-state index >= 15 is 0 Å². The molecule has 0 radical (unpaired) electrons. The van der Waals surface area contributed by atoms with Crippen molar-refractivity contribution in [3.8, 4) is 0 Å². The molecule has 0 aliphatic heterocycles. The van der Waals surface area contributed by atoms with Crippen LogP contribution in [0.2, 0.25) is 0 Å². The van der Waals surface area contributed by atoms with Crippen LogP contribution in [0.25, 0.3) is 0 Å². The quantitative estimate of drug-likeness (QED) is 0.171. The summed E-state index contributed by atoms with van der Waals surface area (Å²) in [7, 11) is 0. The number of carbonyl (C=O) groups excluding carboxylic acids is 8. The van der Waals surface area contributed by atoms with Gasteiger partial charge in [0.15, 0.2) is 0 Å². The van der Waals surface area contributed by atoms with Crippen molar-refractivity contribution < 1.29 is 43.1 Å². The molecule has 0 aromatic carbocycles. The van der Waals surface area contributed by atoms with Gasteiger partial charge in [0, 0.05) is 83.1 Å². The Labute approximate surface area is 367 Å². The largest absolute Gasteiger partial charge is 0.460 e. The monoisotopic (exact) mass is 853 g/mol. The Hall–Kier alpha value is -3.24. The number of Topliss-reactive ketones (excluding diaryl/α,β-unsaturated/α-hetero) is 5. The van der Waals surface area contributed by atoms with E-state index < -0.39 is 5.60 Å². The second-order valence-electron chi connectivity index (χ2n) is 23.9. The molecule has 0 aliphatic carbocycles. The lowest BCUT2D eigenvalue weighted by Crippen LogP contribution is -2.40. The molecule has 0 rings (SSSR count). The Morgan fingerprint density at radius 3 is 0.800 bits per heavy atom. The minimum absolute atomic E-state index is 0.0224. The van der Waals surface area contributed by atoms with Crippen molar-refractivity contribution in [2.24, 2.45) is 27.1 Å². The van der Waals surface area contributed by atoms with Gasteiger partial charge in [0.1, 0.15) is 34.5 Å². The number of ketones is 5. The minimum atomic E-state index is -0.470. The molecule has 0 saturated carbocycles. The van der Waals surface area contributed by atoms with Crippen LogP contribution in [0, 0.1) is 27.1 Å². The van der Waals surface area contributed by atoms with Crippen LogP contribution in [0.1, 0.15) is 224 Å². The van der Waals surface area contributed by atoms with Gasteiger partial charge < -0.3 is 15.4 Å². The second kappa shape index (κ2) is 25.6. The molecular formula is C49H92N2O9. The van der Waals surface area contributed by atoms with Crippen LogP contribution < -0.4 is 10.6 Å². The van der Waals surface area contributed by atoms with Gasteiger partial charge in [-0.25, -0.2) is 0 Å². The minimum Gasteiger partial charge on any atom is -0.460 e. The van der Waals surface area contributed by atoms with E-state index in [9.17, 15) is 38.4 Å². The van der Waals surface area contributed by atoms with E-state index in [0.29, 0.717) is 38.5 Å². The fraction of sp³-hybridized carbons (Fsp3) is 0.837. The Balaban J connectivity index is -0.000000349. The molecular weight excluding hydrogens is 761 g/mol. The maximum absolute atomic E-state index is 11.6. The third kappa shape index (κ3) is 40.2.